The first-order valence-corrected chi connectivity index (χ1v) is 8.45. The molecule has 0 spiro atoms. The average molecular weight is 369 g/mol. The number of ether oxygens (including phenoxy) is 2. The van der Waals surface area contributed by atoms with E-state index < -0.39 is 18.4 Å². The summed E-state index contributed by atoms with van der Waals surface area (Å²) < 4.78 is 11.0. The molecular weight excluding hydrogens is 350 g/mol. The molecule has 0 saturated carbocycles. The van der Waals surface area contributed by atoms with E-state index in [-0.39, 0.29) is 18.7 Å². The van der Waals surface area contributed by atoms with Gasteiger partial charge in [0.15, 0.2) is 6.61 Å². The Morgan fingerprint density at radius 1 is 1.26 bits per heavy atom. The Kier molecular flexibility index (Phi) is 5.40. The molecule has 7 nitrogen and oxygen atoms in total. The maximum Gasteiger partial charge on any atom is 0.339 e. The van der Waals surface area contributed by atoms with E-state index in [0.29, 0.717) is 17.7 Å². The van der Waals surface area contributed by atoms with E-state index in [1.54, 1.807) is 18.2 Å². The zero-order chi connectivity index (χ0) is 19.4. The van der Waals surface area contributed by atoms with Crippen LogP contribution in [-0.4, -0.2) is 36.1 Å². The number of amides is 1. The SMILES string of the molecule is Cc1cc([C@H]2Cc3ccccc3C(=O)O2)ccc1OCC(=O)NCC(=O)O. The number of esters is 1. The molecule has 0 aliphatic carbocycles. The van der Waals surface area contributed by atoms with Crippen LogP contribution in [0.4, 0.5) is 0 Å². The number of fused-ring (bicyclic) bond motifs is 1. The molecule has 1 amide bonds. The van der Waals surface area contributed by atoms with Crippen LogP contribution in [0.3, 0.4) is 0 Å². The number of rotatable bonds is 6. The number of hydrogen-bond donors (Lipinski definition) is 2. The molecule has 2 N–H and O–H groups in total. The van der Waals surface area contributed by atoms with Crippen molar-refractivity contribution in [2.45, 2.75) is 19.4 Å². The number of nitrogens with one attached hydrogen (secondary N) is 1. The highest BCUT2D eigenvalue weighted by Crippen LogP contribution is 2.32. The summed E-state index contributed by atoms with van der Waals surface area (Å²) in [5.74, 6) is -1.46. The van der Waals surface area contributed by atoms with Crippen molar-refractivity contribution in [3.8, 4) is 5.75 Å². The fourth-order valence-corrected chi connectivity index (χ4v) is 2.92. The van der Waals surface area contributed by atoms with Gasteiger partial charge in [0, 0.05) is 6.42 Å². The van der Waals surface area contributed by atoms with Crippen LogP contribution >= 0.6 is 0 Å². The van der Waals surface area contributed by atoms with Crippen LogP contribution < -0.4 is 10.1 Å². The average Bonchev–Trinajstić information content (AvgIpc) is 2.65. The minimum atomic E-state index is -1.12. The molecule has 2 aromatic carbocycles. The van der Waals surface area contributed by atoms with Gasteiger partial charge >= 0.3 is 11.9 Å². The number of benzene rings is 2. The smallest absolute Gasteiger partial charge is 0.339 e. The summed E-state index contributed by atoms with van der Waals surface area (Å²) in [6.07, 6.45) is 0.220. The number of hydrogen-bond acceptors (Lipinski definition) is 5. The van der Waals surface area contributed by atoms with Gasteiger partial charge in [0.1, 0.15) is 18.4 Å². The van der Waals surface area contributed by atoms with Crippen LogP contribution in [0.15, 0.2) is 42.5 Å². The lowest BCUT2D eigenvalue weighted by Crippen LogP contribution is -2.33. The van der Waals surface area contributed by atoms with Gasteiger partial charge in [-0.15, -0.1) is 0 Å². The van der Waals surface area contributed by atoms with Crippen molar-refractivity contribution in [1.29, 1.82) is 0 Å². The summed E-state index contributed by atoms with van der Waals surface area (Å²) in [4.78, 5) is 34.1. The predicted molar refractivity (Wildman–Crippen MR) is 95.6 cm³/mol. The summed E-state index contributed by atoms with van der Waals surface area (Å²) in [6.45, 7) is 1.10. The highest BCUT2D eigenvalue weighted by molar-refractivity contribution is 5.92. The van der Waals surface area contributed by atoms with Gasteiger partial charge in [-0.1, -0.05) is 24.3 Å². The van der Waals surface area contributed by atoms with Crippen LogP contribution in [0.1, 0.15) is 33.2 Å². The molecule has 0 bridgehead atoms. The Hall–Kier alpha value is -3.35. The lowest BCUT2D eigenvalue weighted by Gasteiger charge is -2.25. The number of cyclic esters (lactones) is 1. The standard InChI is InChI=1S/C20H19NO6/c1-12-8-14(6-7-16(12)26-11-18(22)21-10-19(23)24)17-9-13-4-2-3-5-15(13)20(25)27-17/h2-8,17H,9-11H2,1H3,(H,21,22)(H,23,24)/t17-/m1/s1. The first-order valence-electron chi connectivity index (χ1n) is 8.45. The fourth-order valence-electron chi connectivity index (χ4n) is 2.92. The third kappa shape index (κ3) is 4.44. The van der Waals surface area contributed by atoms with Crippen LogP contribution in [0.5, 0.6) is 5.75 Å². The van der Waals surface area contributed by atoms with E-state index in [0.717, 1.165) is 16.7 Å². The molecule has 7 heteroatoms. The normalized spacial score (nSPS) is 15.4. The number of aryl methyl sites for hydroxylation is 1. The molecule has 0 fully saturated rings. The Morgan fingerprint density at radius 2 is 2.04 bits per heavy atom. The second-order valence-corrected chi connectivity index (χ2v) is 6.24. The minimum Gasteiger partial charge on any atom is -0.484 e. The number of aliphatic carboxylic acids is 1. The molecule has 0 saturated heterocycles. The molecule has 1 heterocycles. The largest absolute Gasteiger partial charge is 0.484 e. The Bertz CT molecular complexity index is 892. The summed E-state index contributed by atoms with van der Waals surface area (Å²) in [7, 11) is 0. The lowest BCUT2D eigenvalue weighted by molar-refractivity contribution is -0.138. The number of carboxylic acids is 1. The van der Waals surface area contributed by atoms with Crippen molar-refractivity contribution in [1.82, 2.24) is 5.32 Å². The first kappa shape index (κ1) is 18.4. The fraction of sp³-hybridized carbons (Fsp3) is 0.250. The molecule has 140 valence electrons. The molecule has 3 rings (SSSR count). The third-order valence-corrected chi connectivity index (χ3v) is 4.26. The summed E-state index contributed by atoms with van der Waals surface area (Å²) in [5, 5.41) is 10.8. The van der Waals surface area contributed by atoms with E-state index in [1.165, 1.54) is 0 Å². The van der Waals surface area contributed by atoms with Crippen molar-refractivity contribution in [3.05, 3.63) is 64.7 Å². The number of carbonyl (C=O) groups is 3. The minimum absolute atomic E-state index is 0.279. The number of carboxylic acid groups (broad SMARTS) is 1. The molecule has 2 aromatic rings. The summed E-state index contributed by atoms with van der Waals surface area (Å²) >= 11 is 0. The van der Waals surface area contributed by atoms with Gasteiger partial charge in [-0.25, -0.2) is 4.79 Å². The molecule has 1 aliphatic rings. The molecule has 0 aromatic heterocycles. The zero-order valence-corrected chi connectivity index (χ0v) is 14.7. The van der Waals surface area contributed by atoms with Crippen molar-refractivity contribution in [3.63, 3.8) is 0 Å². The monoisotopic (exact) mass is 369 g/mol. The Morgan fingerprint density at radius 3 is 2.78 bits per heavy atom. The van der Waals surface area contributed by atoms with Gasteiger partial charge in [0.25, 0.3) is 5.91 Å². The van der Waals surface area contributed by atoms with Crippen molar-refractivity contribution in [2.24, 2.45) is 0 Å². The van der Waals surface area contributed by atoms with Gasteiger partial charge in [-0.3, -0.25) is 9.59 Å². The van der Waals surface area contributed by atoms with Gasteiger partial charge in [-0.2, -0.15) is 0 Å². The number of carbonyl (C=O) groups excluding carboxylic acids is 2. The summed E-state index contributed by atoms with van der Waals surface area (Å²) in [5.41, 5.74) is 3.18. The van der Waals surface area contributed by atoms with Crippen molar-refractivity contribution < 1.29 is 29.0 Å². The molecule has 1 atom stereocenters. The van der Waals surface area contributed by atoms with Crippen molar-refractivity contribution in [2.75, 3.05) is 13.2 Å². The maximum absolute atomic E-state index is 12.2. The van der Waals surface area contributed by atoms with E-state index in [2.05, 4.69) is 5.32 Å². The lowest BCUT2D eigenvalue weighted by atomic mass is 9.94. The van der Waals surface area contributed by atoms with Crippen LogP contribution in [0.2, 0.25) is 0 Å². The molecular formula is C20H19NO6. The van der Waals surface area contributed by atoms with Gasteiger partial charge < -0.3 is 19.9 Å². The van der Waals surface area contributed by atoms with E-state index >= 15 is 0 Å². The Balaban J connectivity index is 1.66. The van der Waals surface area contributed by atoms with Gasteiger partial charge in [-0.05, 0) is 41.8 Å². The van der Waals surface area contributed by atoms with Crippen LogP contribution in [-0.2, 0) is 20.7 Å². The van der Waals surface area contributed by atoms with Crippen molar-refractivity contribution >= 4 is 17.8 Å². The maximum atomic E-state index is 12.2. The zero-order valence-electron chi connectivity index (χ0n) is 14.7. The van der Waals surface area contributed by atoms with Crippen LogP contribution in [0.25, 0.3) is 0 Å². The van der Waals surface area contributed by atoms with E-state index in [9.17, 15) is 14.4 Å². The third-order valence-electron chi connectivity index (χ3n) is 4.26. The summed E-state index contributed by atoms with van der Waals surface area (Å²) in [6, 6.07) is 12.7. The Labute approximate surface area is 155 Å². The first-order chi connectivity index (χ1) is 12.9. The predicted octanol–water partition coefficient (Wildman–Crippen LogP) is 2.03. The van der Waals surface area contributed by atoms with Gasteiger partial charge in [0.2, 0.25) is 0 Å². The molecule has 0 radical (unpaired) electrons. The molecule has 1 aliphatic heterocycles. The van der Waals surface area contributed by atoms with Gasteiger partial charge in [0.05, 0.1) is 5.56 Å². The highest BCUT2D eigenvalue weighted by Gasteiger charge is 2.27. The second kappa shape index (κ2) is 7.90. The van der Waals surface area contributed by atoms with E-state index in [4.69, 9.17) is 14.6 Å². The van der Waals surface area contributed by atoms with E-state index in [1.807, 2.05) is 31.2 Å². The molecule has 27 heavy (non-hydrogen) atoms. The topological polar surface area (TPSA) is 102 Å². The molecule has 0 unspecified atom stereocenters. The van der Waals surface area contributed by atoms with Crippen LogP contribution in [0, 0.1) is 6.92 Å². The second-order valence-electron chi connectivity index (χ2n) is 6.24. The highest BCUT2D eigenvalue weighted by atomic mass is 16.5. The quantitative estimate of drug-likeness (QED) is 0.756.